The van der Waals surface area contributed by atoms with E-state index in [0.717, 1.165) is 30.3 Å². The first-order chi connectivity index (χ1) is 9.65. The number of hydrogen-bond acceptors (Lipinski definition) is 3. The number of hydroxylamine groups is 2. The summed E-state index contributed by atoms with van der Waals surface area (Å²) in [6, 6.07) is 1.25. The second-order valence-corrected chi connectivity index (χ2v) is 7.74. The van der Waals surface area contributed by atoms with Crippen molar-refractivity contribution < 1.29 is 5.21 Å². The summed E-state index contributed by atoms with van der Waals surface area (Å²) in [6.45, 7) is 4.61. The van der Waals surface area contributed by atoms with Gasteiger partial charge in [0, 0.05) is 18.6 Å². The van der Waals surface area contributed by atoms with Crippen molar-refractivity contribution in [1.29, 1.82) is 0 Å². The van der Waals surface area contributed by atoms with Crippen molar-refractivity contribution in [3.8, 4) is 0 Å². The number of likely N-dealkylation sites (tertiary alicyclic amines) is 1. The molecule has 5 atom stereocenters. The highest BCUT2D eigenvalue weighted by molar-refractivity contribution is 4.94. The minimum absolute atomic E-state index is 0.437. The molecule has 2 saturated heterocycles. The maximum absolute atomic E-state index is 10.1. The summed E-state index contributed by atoms with van der Waals surface area (Å²) in [5.74, 6) is 2.59. The Morgan fingerprint density at radius 3 is 2.70 bits per heavy atom. The lowest BCUT2D eigenvalue weighted by atomic mass is 9.66. The van der Waals surface area contributed by atoms with Crippen LogP contribution >= 0.6 is 0 Å². The first kappa shape index (κ1) is 14.8. The maximum Gasteiger partial charge on any atom is 0.0353 e. The van der Waals surface area contributed by atoms with Gasteiger partial charge in [0.2, 0.25) is 0 Å². The Balaban J connectivity index is 1.67. The van der Waals surface area contributed by atoms with Gasteiger partial charge < -0.3 is 10.1 Å². The van der Waals surface area contributed by atoms with Gasteiger partial charge in [-0.25, -0.2) is 0 Å². The highest BCUT2D eigenvalue weighted by atomic mass is 16.5. The molecule has 3 fully saturated rings. The topological polar surface area (TPSA) is 26.7 Å². The van der Waals surface area contributed by atoms with E-state index in [-0.39, 0.29) is 0 Å². The van der Waals surface area contributed by atoms with Crippen LogP contribution in [-0.4, -0.2) is 47.4 Å². The number of nitrogens with zero attached hydrogens (tertiary/aromatic N) is 2. The summed E-state index contributed by atoms with van der Waals surface area (Å²) in [6.07, 6.45) is 10.5. The number of rotatable bonds is 2. The third kappa shape index (κ3) is 3.05. The van der Waals surface area contributed by atoms with Crippen molar-refractivity contribution in [3.05, 3.63) is 0 Å². The molecule has 116 valence electrons. The first-order valence-corrected chi connectivity index (χ1v) is 8.81. The van der Waals surface area contributed by atoms with Gasteiger partial charge in [-0.15, -0.1) is 0 Å². The summed E-state index contributed by atoms with van der Waals surface area (Å²) >= 11 is 0. The minimum atomic E-state index is 0.437. The normalized spacial score (nSPS) is 44.2. The molecule has 0 amide bonds. The van der Waals surface area contributed by atoms with E-state index in [4.69, 9.17) is 0 Å². The highest BCUT2D eigenvalue weighted by Gasteiger charge is 2.41. The molecule has 3 rings (SSSR count). The number of piperidine rings is 2. The molecule has 2 heterocycles. The van der Waals surface area contributed by atoms with Crippen molar-refractivity contribution in [2.45, 2.75) is 70.4 Å². The van der Waals surface area contributed by atoms with Crippen molar-refractivity contribution in [1.82, 2.24) is 9.96 Å². The molecular weight excluding hydrogens is 248 g/mol. The molecule has 0 aromatic rings. The third-order valence-electron chi connectivity index (χ3n) is 6.23. The summed E-state index contributed by atoms with van der Waals surface area (Å²) in [5, 5.41) is 11.8. The monoisotopic (exact) mass is 280 g/mol. The molecule has 0 bridgehead atoms. The second kappa shape index (κ2) is 6.33. The van der Waals surface area contributed by atoms with E-state index in [9.17, 15) is 5.21 Å². The van der Waals surface area contributed by atoms with Crippen LogP contribution in [-0.2, 0) is 0 Å². The van der Waals surface area contributed by atoms with Gasteiger partial charge in [0.15, 0.2) is 0 Å². The van der Waals surface area contributed by atoms with E-state index in [2.05, 4.69) is 18.9 Å². The second-order valence-electron chi connectivity index (χ2n) is 7.74. The van der Waals surface area contributed by atoms with Crippen LogP contribution in [0.1, 0.15) is 58.3 Å². The van der Waals surface area contributed by atoms with E-state index in [1.807, 2.05) is 0 Å². The van der Waals surface area contributed by atoms with Crippen LogP contribution in [0.15, 0.2) is 0 Å². The van der Waals surface area contributed by atoms with E-state index in [0.29, 0.717) is 6.04 Å². The van der Waals surface area contributed by atoms with Crippen LogP contribution in [0.3, 0.4) is 0 Å². The summed E-state index contributed by atoms with van der Waals surface area (Å²) in [7, 11) is 2.32. The summed E-state index contributed by atoms with van der Waals surface area (Å²) in [5.41, 5.74) is 0. The lowest BCUT2D eigenvalue weighted by molar-refractivity contribution is -0.151. The Morgan fingerprint density at radius 2 is 1.90 bits per heavy atom. The fraction of sp³-hybridized carbons (Fsp3) is 1.00. The minimum Gasteiger partial charge on any atom is -0.314 e. The van der Waals surface area contributed by atoms with Crippen molar-refractivity contribution in [2.75, 3.05) is 20.1 Å². The molecule has 2 aliphatic heterocycles. The van der Waals surface area contributed by atoms with E-state index in [1.54, 1.807) is 5.06 Å². The lowest BCUT2D eigenvalue weighted by Crippen LogP contribution is -2.50. The van der Waals surface area contributed by atoms with Crippen LogP contribution in [0.25, 0.3) is 0 Å². The van der Waals surface area contributed by atoms with Crippen LogP contribution in [0.4, 0.5) is 0 Å². The molecular formula is C17H32N2O. The summed E-state index contributed by atoms with van der Waals surface area (Å²) in [4.78, 5) is 2.62. The SMILES string of the molecule is C[C@@H]1C[C@H](CC2CCCCN2O)[C@H]2CCCN(C)[C@@H]2C1. The fourth-order valence-electron chi connectivity index (χ4n) is 5.21. The van der Waals surface area contributed by atoms with E-state index in [1.165, 1.54) is 57.9 Å². The predicted octanol–water partition coefficient (Wildman–Crippen LogP) is 3.38. The molecule has 0 spiro atoms. The molecule has 1 unspecified atom stereocenters. The first-order valence-electron chi connectivity index (χ1n) is 8.81. The standard InChI is InChI=1S/C17H32N2O/c1-13-10-14(12-15-6-3-4-9-19(15)20)16-7-5-8-18(2)17(16)11-13/h13-17,20H,3-12H2,1-2H3/t13-,14-,15?,16-,17-/m1/s1. The third-order valence-corrected chi connectivity index (χ3v) is 6.23. The van der Waals surface area contributed by atoms with Gasteiger partial charge >= 0.3 is 0 Å². The highest BCUT2D eigenvalue weighted by Crippen LogP contribution is 2.44. The predicted molar refractivity (Wildman–Crippen MR) is 81.8 cm³/mol. The molecule has 0 radical (unpaired) electrons. The van der Waals surface area contributed by atoms with Gasteiger partial charge in [0.05, 0.1) is 0 Å². The lowest BCUT2D eigenvalue weighted by Gasteiger charge is -2.49. The van der Waals surface area contributed by atoms with Gasteiger partial charge in [-0.3, -0.25) is 0 Å². The van der Waals surface area contributed by atoms with Crippen molar-refractivity contribution in [2.24, 2.45) is 17.8 Å². The Morgan fingerprint density at radius 1 is 1.05 bits per heavy atom. The Labute approximate surface area is 124 Å². The van der Waals surface area contributed by atoms with Crippen molar-refractivity contribution >= 4 is 0 Å². The maximum atomic E-state index is 10.1. The average molecular weight is 280 g/mol. The van der Waals surface area contributed by atoms with Gasteiger partial charge in [-0.05, 0) is 76.3 Å². The molecule has 0 aromatic carbocycles. The summed E-state index contributed by atoms with van der Waals surface area (Å²) < 4.78 is 0. The zero-order chi connectivity index (χ0) is 14.1. The Hall–Kier alpha value is -0.120. The van der Waals surface area contributed by atoms with Gasteiger partial charge in [0.1, 0.15) is 0 Å². The number of fused-ring (bicyclic) bond motifs is 1. The van der Waals surface area contributed by atoms with E-state index >= 15 is 0 Å². The molecule has 3 aliphatic rings. The molecule has 3 heteroatoms. The molecule has 20 heavy (non-hydrogen) atoms. The smallest absolute Gasteiger partial charge is 0.0353 e. The molecule has 1 N–H and O–H groups in total. The van der Waals surface area contributed by atoms with Crippen LogP contribution in [0.5, 0.6) is 0 Å². The van der Waals surface area contributed by atoms with Gasteiger partial charge in [0.25, 0.3) is 0 Å². The molecule has 3 nitrogen and oxygen atoms in total. The van der Waals surface area contributed by atoms with E-state index < -0.39 is 0 Å². The fourth-order valence-corrected chi connectivity index (χ4v) is 5.21. The average Bonchev–Trinajstić information content (AvgIpc) is 2.42. The zero-order valence-electron chi connectivity index (χ0n) is 13.3. The molecule has 0 aromatic heterocycles. The number of hydrogen-bond donors (Lipinski definition) is 1. The molecule has 1 aliphatic carbocycles. The van der Waals surface area contributed by atoms with Crippen LogP contribution in [0, 0.1) is 17.8 Å². The van der Waals surface area contributed by atoms with Crippen LogP contribution < -0.4 is 0 Å². The van der Waals surface area contributed by atoms with Crippen molar-refractivity contribution in [3.63, 3.8) is 0 Å². The quantitative estimate of drug-likeness (QED) is 0.840. The Bertz CT molecular complexity index is 322. The Kier molecular flexibility index (Phi) is 4.68. The largest absolute Gasteiger partial charge is 0.314 e. The van der Waals surface area contributed by atoms with Gasteiger partial charge in [-0.1, -0.05) is 13.3 Å². The van der Waals surface area contributed by atoms with Crippen LogP contribution in [0.2, 0.25) is 0 Å². The molecule has 1 saturated carbocycles. The zero-order valence-corrected chi connectivity index (χ0v) is 13.3. The van der Waals surface area contributed by atoms with Gasteiger partial charge in [-0.2, -0.15) is 5.06 Å².